The van der Waals surface area contributed by atoms with Gasteiger partial charge in [-0.3, -0.25) is 4.90 Å². The van der Waals surface area contributed by atoms with Crippen molar-refractivity contribution in [3.63, 3.8) is 0 Å². The molecule has 0 saturated carbocycles. The van der Waals surface area contributed by atoms with Crippen LogP contribution < -0.4 is 4.90 Å². The molecule has 1 aliphatic rings. The van der Waals surface area contributed by atoms with Gasteiger partial charge in [0.05, 0.1) is 6.61 Å². The summed E-state index contributed by atoms with van der Waals surface area (Å²) in [5, 5.41) is 8.97. The van der Waals surface area contributed by atoms with Crippen LogP contribution in [0.5, 0.6) is 0 Å². The standard InChI is InChI=1S/C12H14FNO3/c13-9-1-3-10(4-2-9)14-11(5-7-15)6-8-17-12(14)16/h1-4,11,15H,5-8H2. The molecule has 1 heterocycles. The third-order valence-corrected chi connectivity index (χ3v) is 2.81. The smallest absolute Gasteiger partial charge is 0.414 e. The van der Waals surface area contributed by atoms with Gasteiger partial charge in [0.1, 0.15) is 5.82 Å². The van der Waals surface area contributed by atoms with Crippen molar-refractivity contribution in [3.05, 3.63) is 30.1 Å². The summed E-state index contributed by atoms with van der Waals surface area (Å²) < 4.78 is 17.8. The Morgan fingerprint density at radius 1 is 1.41 bits per heavy atom. The van der Waals surface area contributed by atoms with Crippen LogP contribution in [0.15, 0.2) is 24.3 Å². The fourth-order valence-electron chi connectivity index (χ4n) is 1.97. The first-order chi connectivity index (χ1) is 8.22. The zero-order valence-corrected chi connectivity index (χ0v) is 9.30. The van der Waals surface area contributed by atoms with Crippen molar-refractivity contribution in [2.45, 2.75) is 18.9 Å². The number of anilines is 1. The Bertz CT molecular complexity index is 391. The Morgan fingerprint density at radius 2 is 2.12 bits per heavy atom. The molecule has 1 N–H and O–H groups in total. The predicted molar refractivity (Wildman–Crippen MR) is 60.3 cm³/mol. The lowest BCUT2D eigenvalue weighted by molar-refractivity contribution is 0.124. The van der Waals surface area contributed by atoms with Gasteiger partial charge in [-0.2, -0.15) is 0 Å². The molecule has 0 aliphatic carbocycles. The van der Waals surface area contributed by atoms with E-state index in [0.29, 0.717) is 25.1 Å². The first-order valence-corrected chi connectivity index (χ1v) is 5.55. The maximum atomic E-state index is 12.8. The minimum atomic E-state index is -0.443. The van der Waals surface area contributed by atoms with Crippen molar-refractivity contribution in [3.8, 4) is 0 Å². The van der Waals surface area contributed by atoms with Gasteiger partial charge >= 0.3 is 6.09 Å². The van der Waals surface area contributed by atoms with Crippen LogP contribution in [0.1, 0.15) is 12.8 Å². The molecule has 1 atom stereocenters. The van der Waals surface area contributed by atoms with Crippen molar-refractivity contribution in [1.29, 1.82) is 0 Å². The van der Waals surface area contributed by atoms with Gasteiger partial charge < -0.3 is 9.84 Å². The summed E-state index contributed by atoms with van der Waals surface area (Å²) >= 11 is 0. The summed E-state index contributed by atoms with van der Waals surface area (Å²) in [5.41, 5.74) is 0.592. The third kappa shape index (κ3) is 2.55. The second-order valence-corrected chi connectivity index (χ2v) is 3.92. The van der Waals surface area contributed by atoms with Crippen LogP contribution in [-0.2, 0) is 4.74 Å². The van der Waals surface area contributed by atoms with Crippen molar-refractivity contribution >= 4 is 11.8 Å². The predicted octanol–water partition coefficient (Wildman–Crippen LogP) is 1.92. The molecular weight excluding hydrogens is 225 g/mol. The van der Waals surface area contributed by atoms with Gasteiger partial charge in [0.15, 0.2) is 0 Å². The molecule has 1 amide bonds. The number of benzene rings is 1. The highest BCUT2D eigenvalue weighted by Gasteiger charge is 2.30. The molecule has 1 aliphatic heterocycles. The number of ether oxygens (including phenoxy) is 1. The molecule has 1 saturated heterocycles. The molecular formula is C12H14FNO3. The third-order valence-electron chi connectivity index (χ3n) is 2.81. The summed E-state index contributed by atoms with van der Waals surface area (Å²) in [4.78, 5) is 13.2. The Hall–Kier alpha value is -1.62. The zero-order chi connectivity index (χ0) is 12.3. The molecule has 92 valence electrons. The summed E-state index contributed by atoms with van der Waals surface area (Å²) in [6, 6.07) is 5.57. The van der Waals surface area contributed by atoms with E-state index in [1.165, 1.54) is 29.2 Å². The van der Waals surface area contributed by atoms with E-state index in [-0.39, 0.29) is 18.5 Å². The number of cyclic esters (lactones) is 1. The number of nitrogens with zero attached hydrogens (tertiary/aromatic N) is 1. The summed E-state index contributed by atoms with van der Waals surface area (Å²) in [6.07, 6.45) is 0.720. The SMILES string of the molecule is O=C1OCCC(CCO)N1c1ccc(F)cc1. The minimum absolute atomic E-state index is 0.00956. The van der Waals surface area contributed by atoms with Crippen LogP contribution >= 0.6 is 0 Å². The van der Waals surface area contributed by atoms with E-state index in [1.807, 2.05) is 0 Å². The minimum Gasteiger partial charge on any atom is -0.449 e. The van der Waals surface area contributed by atoms with E-state index >= 15 is 0 Å². The second-order valence-electron chi connectivity index (χ2n) is 3.92. The Kier molecular flexibility index (Phi) is 3.58. The number of rotatable bonds is 3. The lowest BCUT2D eigenvalue weighted by Gasteiger charge is -2.34. The Morgan fingerprint density at radius 3 is 2.76 bits per heavy atom. The van der Waals surface area contributed by atoms with Crippen LogP contribution in [0.2, 0.25) is 0 Å². The Balaban J connectivity index is 2.24. The first kappa shape index (κ1) is 11.9. The molecule has 1 aromatic carbocycles. The van der Waals surface area contributed by atoms with Gasteiger partial charge in [0.2, 0.25) is 0 Å². The molecule has 1 unspecified atom stereocenters. The van der Waals surface area contributed by atoms with Crippen molar-refractivity contribution in [2.75, 3.05) is 18.1 Å². The number of hydrogen-bond acceptors (Lipinski definition) is 3. The van der Waals surface area contributed by atoms with Gasteiger partial charge in [0, 0.05) is 24.8 Å². The largest absolute Gasteiger partial charge is 0.449 e. The summed E-state index contributed by atoms with van der Waals surface area (Å²) in [6.45, 7) is 0.372. The average molecular weight is 239 g/mol. The highest BCUT2D eigenvalue weighted by Crippen LogP contribution is 2.25. The summed E-state index contributed by atoms with van der Waals surface area (Å²) in [5.74, 6) is -0.349. The average Bonchev–Trinajstić information content (AvgIpc) is 2.32. The number of aliphatic hydroxyl groups is 1. The van der Waals surface area contributed by atoms with Crippen molar-refractivity contribution in [2.24, 2.45) is 0 Å². The van der Waals surface area contributed by atoms with Crippen molar-refractivity contribution in [1.82, 2.24) is 0 Å². The van der Waals surface area contributed by atoms with Crippen LogP contribution in [0.3, 0.4) is 0 Å². The molecule has 0 bridgehead atoms. The monoisotopic (exact) mass is 239 g/mol. The maximum absolute atomic E-state index is 12.8. The molecule has 17 heavy (non-hydrogen) atoms. The van der Waals surface area contributed by atoms with E-state index in [9.17, 15) is 9.18 Å². The van der Waals surface area contributed by atoms with Gasteiger partial charge in [-0.25, -0.2) is 9.18 Å². The normalized spacial score (nSPS) is 20.2. The molecule has 2 rings (SSSR count). The van der Waals surface area contributed by atoms with E-state index < -0.39 is 6.09 Å². The Labute approximate surface area is 98.6 Å². The van der Waals surface area contributed by atoms with E-state index in [0.717, 1.165) is 0 Å². The maximum Gasteiger partial charge on any atom is 0.414 e. The van der Waals surface area contributed by atoms with Gasteiger partial charge in [-0.05, 0) is 30.7 Å². The summed E-state index contributed by atoms with van der Waals surface area (Å²) in [7, 11) is 0. The van der Waals surface area contributed by atoms with Crippen LogP contribution in [0.25, 0.3) is 0 Å². The molecule has 4 nitrogen and oxygen atoms in total. The highest BCUT2D eigenvalue weighted by atomic mass is 19.1. The number of carbonyl (C=O) groups is 1. The lowest BCUT2D eigenvalue weighted by atomic mass is 10.1. The van der Waals surface area contributed by atoms with E-state index in [4.69, 9.17) is 9.84 Å². The molecule has 1 aromatic rings. The molecule has 0 aromatic heterocycles. The topological polar surface area (TPSA) is 49.8 Å². The number of amides is 1. The number of hydrogen-bond donors (Lipinski definition) is 1. The zero-order valence-electron chi connectivity index (χ0n) is 9.30. The van der Waals surface area contributed by atoms with Crippen LogP contribution in [-0.4, -0.2) is 30.5 Å². The number of carbonyl (C=O) groups excluding carboxylic acids is 1. The number of aliphatic hydroxyl groups excluding tert-OH is 1. The van der Waals surface area contributed by atoms with Gasteiger partial charge in [-0.1, -0.05) is 0 Å². The quantitative estimate of drug-likeness (QED) is 0.876. The van der Waals surface area contributed by atoms with Gasteiger partial charge in [-0.15, -0.1) is 0 Å². The fourth-order valence-corrected chi connectivity index (χ4v) is 1.97. The molecule has 1 fully saturated rings. The number of halogens is 1. The lowest BCUT2D eigenvalue weighted by Crippen LogP contribution is -2.46. The fraction of sp³-hybridized carbons (Fsp3) is 0.417. The highest BCUT2D eigenvalue weighted by molar-refractivity contribution is 5.88. The molecule has 5 heteroatoms. The molecule has 0 radical (unpaired) electrons. The first-order valence-electron chi connectivity index (χ1n) is 5.55. The van der Waals surface area contributed by atoms with Gasteiger partial charge in [0.25, 0.3) is 0 Å². The van der Waals surface area contributed by atoms with Crippen LogP contribution in [0.4, 0.5) is 14.9 Å². The second kappa shape index (κ2) is 5.14. The van der Waals surface area contributed by atoms with E-state index in [2.05, 4.69) is 0 Å². The molecule has 0 spiro atoms. The van der Waals surface area contributed by atoms with E-state index in [1.54, 1.807) is 0 Å². The van der Waals surface area contributed by atoms with Crippen molar-refractivity contribution < 1.29 is 19.0 Å². The van der Waals surface area contributed by atoms with Crippen LogP contribution in [0, 0.1) is 5.82 Å².